The lowest BCUT2D eigenvalue weighted by Gasteiger charge is -1.85. The zero-order chi connectivity index (χ0) is 6.69. The molecule has 0 radical (unpaired) electrons. The van der Waals surface area contributed by atoms with Crippen LogP contribution in [-0.4, -0.2) is 15.2 Å². The van der Waals surface area contributed by atoms with Gasteiger partial charge in [0.05, 0.1) is 6.54 Å². The maximum Gasteiger partial charge on any atom is 0.165 e. The minimum absolute atomic E-state index is 0.591. The molecule has 0 aliphatic rings. The first-order valence-electron chi connectivity index (χ1n) is 2.58. The van der Waals surface area contributed by atoms with Gasteiger partial charge in [-0.05, 0) is 6.92 Å². The van der Waals surface area contributed by atoms with Gasteiger partial charge in [0, 0.05) is 0 Å². The van der Waals surface area contributed by atoms with Crippen LogP contribution < -0.4 is 4.72 Å². The summed E-state index contributed by atoms with van der Waals surface area (Å²) in [7, 11) is 0. The predicted molar refractivity (Wildman–Crippen MR) is 36.9 cm³/mol. The minimum atomic E-state index is 0.591. The number of H-pyrrole nitrogens is 1. The van der Waals surface area contributed by atoms with E-state index < -0.39 is 0 Å². The summed E-state index contributed by atoms with van der Waals surface area (Å²) in [5, 5.41) is 6.58. The summed E-state index contributed by atoms with van der Waals surface area (Å²) in [5.74, 6) is 1.57. The second-order valence-corrected chi connectivity index (χ2v) is 1.99. The SMILES string of the molecule is Cc1nc(CNS)n[nH]1. The van der Waals surface area contributed by atoms with E-state index in [-0.39, 0.29) is 0 Å². The molecule has 4 nitrogen and oxygen atoms in total. The molecule has 0 aliphatic heterocycles. The second-order valence-electron chi connectivity index (χ2n) is 1.67. The molecule has 0 aromatic carbocycles. The third-order valence-corrected chi connectivity index (χ3v) is 1.04. The Bertz CT molecular complexity index is 184. The van der Waals surface area contributed by atoms with Crippen molar-refractivity contribution in [3.8, 4) is 0 Å². The van der Waals surface area contributed by atoms with Crippen LogP contribution in [0, 0.1) is 6.92 Å². The Labute approximate surface area is 58.6 Å². The molecule has 0 saturated heterocycles. The molecule has 50 valence electrons. The molecule has 0 saturated carbocycles. The molecule has 0 amide bonds. The van der Waals surface area contributed by atoms with Crippen LogP contribution in [0.4, 0.5) is 0 Å². The van der Waals surface area contributed by atoms with E-state index in [2.05, 4.69) is 32.7 Å². The van der Waals surface area contributed by atoms with Gasteiger partial charge >= 0.3 is 0 Å². The maximum atomic E-state index is 4.02. The zero-order valence-electron chi connectivity index (χ0n) is 5.05. The van der Waals surface area contributed by atoms with Crippen molar-refractivity contribution in [3.63, 3.8) is 0 Å². The fourth-order valence-electron chi connectivity index (χ4n) is 0.539. The molecule has 1 heterocycles. The summed E-state index contributed by atoms with van der Waals surface area (Å²) in [6.07, 6.45) is 0. The quantitative estimate of drug-likeness (QED) is 0.514. The van der Waals surface area contributed by atoms with Gasteiger partial charge in [-0.3, -0.25) is 9.82 Å². The van der Waals surface area contributed by atoms with Crippen LogP contribution in [-0.2, 0) is 6.54 Å². The molecule has 2 N–H and O–H groups in total. The average Bonchev–Trinajstić information content (AvgIpc) is 2.17. The van der Waals surface area contributed by atoms with Gasteiger partial charge in [0.2, 0.25) is 0 Å². The van der Waals surface area contributed by atoms with Crippen LogP contribution >= 0.6 is 12.8 Å². The van der Waals surface area contributed by atoms with Crippen molar-refractivity contribution < 1.29 is 0 Å². The van der Waals surface area contributed by atoms with Gasteiger partial charge in [-0.25, -0.2) is 4.98 Å². The summed E-state index contributed by atoms with van der Waals surface area (Å²) >= 11 is 3.80. The number of nitrogens with zero attached hydrogens (tertiary/aromatic N) is 2. The van der Waals surface area contributed by atoms with E-state index in [0.717, 1.165) is 11.6 Å². The Hall–Kier alpha value is -0.550. The van der Waals surface area contributed by atoms with Gasteiger partial charge < -0.3 is 0 Å². The molecule has 1 rings (SSSR count). The molecule has 9 heavy (non-hydrogen) atoms. The highest BCUT2D eigenvalue weighted by molar-refractivity contribution is 7.78. The molecular weight excluding hydrogens is 136 g/mol. The number of hydrogen-bond donors (Lipinski definition) is 3. The van der Waals surface area contributed by atoms with Crippen molar-refractivity contribution in [1.82, 2.24) is 19.9 Å². The largest absolute Gasteiger partial charge is 0.263 e. The van der Waals surface area contributed by atoms with E-state index in [9.17, 15) is 0 Å². The van der Waals surface area contributed by atoms with Crippen LogP contribution in [0.2, 0.25) is 0 Å². The van der Waals surface area contributed by atoms with E-state index in [0.29, 0.717) is 6.54 Å². The van der Waals surface area contributed by atoms with Crippen LogP contribution in [0.3, 0.4) is 0 Å². The Kier molecular flexibility index (Phi) is 2.07. The van der Waals surface area contributed by atoms with Crippen molar-refractivity contribution >= 4 is 12.8 Å². The zero-order valence-corrected chi connectivity index (χ0v) is 5.94. The molecule has 0 atom stereocenters. The Morgan fingerprint density at radius 1 is 1.78 bits per heavy atom. The highest BCUT2D eigenvalue weighted by atomic mass is 32.1. The smallest absolute Gasteiger partial charge is 0.165 e. The van der Waals surface area contributed by atoms with Gasteiger partial charge in [-0.2, -0.15) is 5.10 Å². The van der Waals surface area contributed by atoms with Gasteiger partial charge in [0.25, 0.3) is 0 Å². The molecule has 5 heteroatoms. The van der Waals surface area contributed by atoms with Crippen molar-refractivity contribution in [2.24, 2.45) is 0 Å². The highest BCUT2D eigenvalue weighted by Crippen LogP contribution is 1.88. The van der Waals surface area contributed by atoms with E-state index in [1.807, 2.05) is 6.92 Å². The fourth-order valence-corrected chi connectivity index (χ4v) is 0.680. The van der Waals surface area contributed by atoms with Crippen molar-refractivity contribution in [3.05, 3.63) is 11.6 Å². The predicted octanol–water partition coefficient (Wildman–Crippen LogP) is 0.0475. The first kappa shape index (κ1) is 6.57. The molecule has 0 spiro atoms. The first-order chi connectivity index (χ1) is 4.33. The highest BCUT2D eigenvalue weighted by Gasteiger charge is 1.94. The third kappa shape index (κ3) is 1.69. The van der Waals surface area contributed by atoms with Crippen LogP contribution in [0.15, 0.2) is 0 Å². The standard InChI is InChI=1S/C4H8N4S/c1-3-6-4(2-5-9)8-7-3/h5,9H,2H2,1H3,(H,6,7,8). The molecule has 0 aliphatic carbocycles. The number of hydrogen-bond acceptors (Lipinski definition) is 4. The molecule has 0 unspecified atom stereocenters. The molecule has 1 aromatic heterocycles. The maximum absolute atomic E-state index is 4.02. The Morgan fingerprint density at radius 3 is 3.00 bits per heavy atom. The number of aromatic nitrogens is 3. The molecule has 0 fully saturated rings. The summed E-state index contributed by atoms with van der Waals surface area (Å²) in [4.78, 5) is 4.02. The lowest BCUT2D eigenvalue weighted by Crippen LogP contribution is -2.00. The fraction of sp³-hybridized carbons (Fsp3) is 0.500. The summed E-state index contributed by atoms with van der Waals surface area (Å²) in [6, 6.07) is 0. The monoisotopic (exact) mass is 144 g/mol. The lowest BCUT2D eigenvalue weighted by atomic mass is 10.6. The van der Waals surface area contributed by atoms with E-state index in [4.69, 9.17) is 0 Å². The van der Waals surface area contributed by atoms with Gasteiger partial charge in [-0.1, -0.05) is 12.8 Å². The van der Waals surface area contributed by atoms with Crippen molar-refractivity contribution in [2.45, 2.75) is 13.5 Å². The summed E-state index contributed by atoms with van der Waals surface area (Å²) < 4.78 is 2.65. The Balaban J connectivity index is 2.61. The van der Waals surface area contributed by atoms with Gasteiger partial charge in [0.1, 0.15) is 5.82 Å². The van der Waals surface area contributed by atoms with E-state index >= 15 is 0 Å². The second kappa shape index (κ2) is 2.84. The number of thiol groups is 1. The average molecular weight is 144 g/mol. The van der Waals surface area contributed by atoms with Gasteiger partial charge in [0.15, 0.2) is 5.82 Å². The molecule has 1 aromatic rings. The van der Waals surface area contributed by atoms with Crippen molar-refractivity contribution in [1.29, 1.82) is 0 Å². The summed E-state index contributed by atoms with van der Waals surface area (Å²) in [6.45, 7) is 2.45. The lowest BCUT2D eigenvalue weighted by molar-refractivity contribution is 0.872. The van der Waals surface area contributed by atoms with Crippen LogP contribution in [0.5, 0.6) is 0 Å². The minimum Gasteiger partial charge on any atom is -0.263 e. The molecule has 0 bridgehead atoms. The molecular formula is C4H8N4S. The van der Waals surface area contributed by atoms with E-state index in [1.165, 1.54) is 0 Å². The summed E-state index contributed by atoms with van der Waals surface area (Å²) in [5.41, 5.74) is 0. The van der Waals surface area contributed by atoms with Crippen LogP contribution in [0.1, 0.15) is 11.6 Å². The topological polar surface area (TPSA) is 53.6 Å². The Morgan fingerprint density at radius 2 is 2.56 bits per heavy atom. The number of nitrogens with one attached hydrogen (secondary N) is 2. The third-order valence-electron chi connectivity index (χ3n) is 0.881. The van der Waals surface area contributed by atoms with Crippen molar-refractivity contribution in [2.75, 3.05) is 0 Å². The van der Waals surface area contributed by atoms with E-state index in [1.54, 1.807) is 0 Å². The normalized spacial score (nSPS) is 10.0. The number of aromatic amines is 1. The first-order valence-corrected chi connectivity index (χ1v) is 3.02. The van der Waals surface area contributed by atoms with Gasteiger partial charge in [-0.15, -0.1) is 0 Å². The number of aryl methyl sites for hydroxylation is 1. The van der Waals surface area contributed by atoms with Crippen LogP contribution in [0.25, 0.3) is 0 Å². The number of rotatable bonds is 2.